The Balaban J connectivity index is 1.50. The molecule has 0 radical (unpaired) electrons. The van der Waals surface area contributed by atoms with Gasteiger partial charge in [-0.25, -0.2) is 0 Å². The smallest absolute Gasteiger partial charge is 0.261 e. The highest BCUT2D eigenvalue weighted by Gasteiger charge is 2.23. The molecule has 1 amide bonds. The van der Waals surface area contributed by atoms with Crippen molar-refractivity contribution in [1.29, 1.82) is 5.41 Å². The third-order valence-corrected chi connectivity index (χ3v) is 7.44. The number of likely N-dealkylation sites (tertiary alicyclic amines) is 1. The van der Waals surface area contributed by atoms with Crippen LogP contribution in [-0.2, 0) is 9.57 Å². The van der Waals surface area contributed by atoms with Gasteiger partial charge in [0.2, 0.25) is 0 Å². The van der Waals surface area contributed by atoms with Gasteiger partial charge in [-0.1, -0.05) is 23.7 Å². The molecule has 1 aromatic carbocycles. The molecule has 3 heterocycles. The predicted octanol–water partition coefficient (Wildman–Crippen LogP) is 3.97. The number of carbonyl (C=O) groups excluding carboxylic acids is 1. The molecule has 1 unspecified atom stereocenters. The van der Waals surface area contributed by atoms with Crippen molar-refractivity contribution in [2.75, 3.05) is 51.8 Å². The summed E-state index contributed by atoms with van der Waals surface area (Å²) in [5.41, 5.74) is 6.71. The van der Waals surface area contributed by atoms with Gasteiger partial charge in [-0.2, -0.15) is 0 Å². The summed E-state index contributed by atoms with van der Waals surface area (Å²) in [4.78, 5) is 22.9. The molecule has 188 valence electrons. The number of hydrogen-bond acceptors (Lipinski definition) is 7. The second-order valence-electron chi connectivity index (χ2n) is 8.70. The van der Waals surface area contributed by atoms with Gasteiger partial charge in [-0.3, -0.25) is 20.5 Å². The highest BCUT2D eigenvalue weighted by molar-refractivity contribution is 7.18. The first-order valence-electron chi connectivity index (χ1n) is 11.8. The topological polar surface area (TPSA) is 89.9 Å². The summed E-state index contributed by atoms with van der Waals surface area (Å²) < 4.78 is 5.87. The van der Waals surface area contributed by atoms with Crippen molar-refractivity contribution in [3.63, 3.8) is 0 Å². The van der Waals surface area contributed by atoms with Crippen LogP contribution in [0, 0.1) is 5.41 Å². The Kier molecular flexibility index (Phi) is 8.67. The van der Waals surface area contributed by atoms with Gasteiger partial charge in [0.25, 0.3) is 5.91 Å². The summed E-state index contributed by atoms with van der Waals surface area (Å²) in [5.74, 6) is 0.393. The van der Waals surface area contributed by atoms with Crippen molar-refractivity contribution in [2.24, 2.45) is 0 Å². The molecule has 10 heteroatoms. The highest BCUT2D eigenvalue weighted by atomic mass is 35.5. The number of nitrogens with one attached hydrogen (secondary N) is 3. The normalized spacial score (nSPS) is 17.6. The molecule has 35 heavy (non-hydrogen) atoms. The lowest BCUT2D eigenvalue weighted by Crippen LogP contribution is -2.35. The third-order valence-electron chi connectivity index (χ3n) is 6.21. The maximum Gasteiger partial charge on any atom is 0.261 e. The second-order valence-corrected chi connectivity index (χ2v) is 10.4. The number of amides is 1. The quantitative estimate of drug-likeness (QED) is 0.344. The van der Waals surface area contributed by atoms with E-state index in [1.54, 1.807) is 19.2 Å². The van der Waals surface area contributed by atoms with E-state index in [0.717, 1.165) is 48.4 Å². The van der Waals surface area contributed by atoms with Crippen LogP contribution in [0.25, 0.3) is 5.70 Å². The van der Waals surface area contributed by atoms with Gasteiger partial charge in [-0.05, 0) is 43.5 Å². The van der Waals surface area contributed by atoms with Crippen LogP contribution in [0.5, 0.6) is 0 Å². The number of thiophene rings is 1. The zero-order chi connectivity index (χ0) is 24.8. The summed E-state index contributed by atoms with van der Waals surface area (Å²) in [6.07, 6.45) is 5.16. The van der Waals surface area contributed by atoms with Crippen molar-refractivity contribution in [3.05, 3.63) is 56.7 Å². The van der Waals surface area contributed by atoms with Crippen LogP contribution in [0.2, 0.25) is 4.34 Å². The molecular weight excluding hydrogens is 486 g/mol. The second kappa shape index (κ2) is 11.9. The van der Waals surface area contributed by atoms with E-state index in [2.05, 4.69) is 26.7 Å². The van der Waals surface area contributed by atoms with Crippen molar-refractivity contribution < 1.29 is 14.4 Å². The Morgan fingerprint density at radius 2 is 2.11 bits per heavy atom. The number of likely N-dealkylation sites (N-methyl/N-ethyl adjacent to an activating group) is 1. The predicted molar refractivity (Wildman–Crippen MR) is 141 cm³/mol. The lowest BCUT2D eigenvalue weighted by molar-refractivity contribution is 0.0499. The van der Waals surface area contributed by atoms with E-state index in [1.807, 2.05) is 25.3 Å². The van der Waals surface area contributed by atoms with Gasteiger partial charge < -0.3 is 19.9 Å². The van der Waals surface area contributed by atoms with E-state index in [9.17, 15) is 4.79 Å². The van der Waals surface area contributed by atoms with E-state index in [0.29, 0.717) is 34.7 Å². The van der Waals surface area contributed by atoms with E-state index < -0.39 is 0 Å². The van der Waals surface area contributed by atoms with Crippen molar-refractivity contribution in [3.8, 4) is 0 Å². The number of piperidine rings is 1. The average molecular weight is 518 g/mol. The summed E-state index contributed by atoms with van der Waals surface area (Å²) in [5, 5.41) is 11.7. The number of hydroxylamine groups is 1. The average Bonchev–Trinajstić information content (AvgIpc) is 3.54. The van der Waals surface area contributed by atoms with Crippen LogP contribution >= 0.6 is 22.9 Å². The van der Waals surface area contributed by atoms with Gasteiger partial charge >= 0.3 is 0 Å². The minimum absolute atomic E-state index is 0.173. The molecule has 8 nitrogen and oxygen atoms in total. The van der Waals surface area contributed by atoms with E-state index >= 15 is 0 Å². The van der Waals surface area contributed by atoms with Crippen LogP contribution in [0.3, 0.4) is 0 Å². The van der Waals surface area contributed by atoms with Gasteiger partial charge in [0, 0.05) is 50.6 Å². The number of benzene rings is 1. The van der Waals surface area contributed by atoms with E-state index in [-0.39, 0.29) is 12.0 Å². The SMILES string of the molecule is COCCN(C)c1cc(C(=N)N2CCCCC2)ccc1C1=CC(CNC(=O)c2ccc(Cl)s2)ON1. The molecule has 2 aliphatic rings. The number of methoxy groups -OCH3 is 1. The fourth-order valence-corrected chi connectivity index (χ4v) is 5.19. The standard InChI is InChI=1S/C25H32ClN5O3S/c1-30(12-13-33-2)21-14-17(24(27)31-10-4-3-5-11-31)6-7-19(21)20-15-18(34-29-20)16-28-25(32)22-8-9-23(26)35-22/h6-9,14-15,18,27,29H,3-5,10-13,16H2,1-2H3,(H,28,32). The number of rotatable bonds is 9. The molecule has 1 aromatic heterocycles. The third kappa shape index (κ3) is 6.35. The van der Waals surface area contributed by atoms with Gasteiger partial charge in [-0.15, -0.1) is 11.3 Å². The Morgan fingerprint density at radius 3 is 2.83 bits per heavy atom. The monoisotopic (exact) mass is 517 g/mol. The van der Waals surface area contributed by atoms with Gasteiger partial charge in [0.15, 0.2) is 0 Å². The van der Waals surface area contributed by atoms with Crippen molar-refractivity contribution in [2.45, 2.75) is 25.4 Å². The van der Waals surface area contributed by atoms with Crippen molar-refractivity contribution >= 4 is 46.1 Å². The lowest BCUT2D eigenvalue weighted by atomic mass is 10.0. The number of carbonyl (C=O) groups is 1. The molecule has 0 bridgehead atoms. The Morgan fingerprint density at radius 1 is 1.31 bits per heavy atom. The molecule has 1 fully saturated rings. The number of halogens is 1. The number of anilines is 1. The van der Waals surface area contributed by atoms with Gasteiger partial charge in [0.05, 0.1) is 28.1 Å². The van der Waals surface area contributed by atoms with E-state index in [4.69, 9.17) is 26.6 Å². The first-order valence-corrected chi connectivity index (χ1v) is 13.0. The fraction of sp³-hybridized carbons (Fsp3) is 0.440. The van der Waals surface area contributed by atoms with Crippen LogP contribution < -0.4 is 15.7 Å². The Hall–Kier alpha value is -2.59. The highest BCUT2D eigenvalue weighted by Crippen LogP contribution is 2.30. The number of nitrogens with zero attached hydrogens (tertiary/aromatic N) is 2. The number of hydrogen-bond donors (Lipinski definition) is 3. The summed E-state index contributed by atoms with van der Waals surface area (Å²) in [6, 6.07) is 9.52. The fourth-order valence-electron chi connectivity index (χ4n) is 4.23. The summed E-state index contributed by atoms with van der Waals surface area (Å²) >= 11 is 7.18. The molecule has 2 aliphatic heterocycles. The Labute approximate surface area is 215 Å². The number of amidine groups is 1. The molecule has 3 N–H and O–H groups in total. The van der Waals surface area contributed by atoms with E-state index in [1.165, 1.54) is 17.8 Å². The maximum absolute atomic E-state index is 12.3. The maximum atomic E-state index is 12.3. The van der Waals surface area contributed by atoms with Crippen LogP contribution in [-0.4, -0.2) is 69.7 Å². The number of ether oxygens (including phenoxy) is 1. The molecule has 0 spiro atoms. The van der Waals surface area contributed by atoms with Crippen molar-refractivity contribution in [1.82, 2.24) is 15.7 Å². The largest absolute Gasteiger partial charge is 0.383 e. The lowest BCUT2D eigenvalue weighted by Gasteiger charge is -2.30. The van der Waals surface area contributed by atoms with Crippen LogP contribution in [0.15, 0.2) is 36.4 Å². The Bertz CT molecular complexity index is 1080. The van der Waals surface area contributed by atoms with Gasteiger partial charge in [0.1, 0.15) is 11.9 Å². The van der Waals surface area contributed by atoms with Crippen LogP contribution in [0.1, 0.15) is 40.1 Å². The summed E-state index contributed by atoms with van der Waals surface area (Å²) in [6.45, 7) is 3.49. The molecule has 4 rings (SSSR count). The molecule has 0 aliphatic carbocycles. The molecule has 1 saturated heterocycles. The van der Waals surface area contributed by atoms with Crippen LogP contribution in [0.4, 0.5) is 5.69 Å². The zero-order valence-electron chi connectivity index (χ0n) is 20.1. The molecule has 0 saturated carbocycles. The minimum atomic E-state index is -0.312. The first kappa shape index (κ1) is 25.5. The molecular formula is C25H32ClN5O3S. The summed E-state index contributed by atoms with van der Waals surface area (Å²) in [7, 11) is 3.71. The molecule has 2 aromatic rings. The zero-order valence-corrected chi connectivity index (χ0v) is 21.7. The first-order chi connectivity index (χ1) is 17.0. The minimum Gasteiger partial charge on any atom is -0.383 e. The molecule has 1 atom stereocenters.